The molecule has 2 unspecified atom stereocenters. The summed E-state index contributed by atoms with van der Waals surface area (Å²) in [5.74, 6) is 0.724. The lowest BCUT2D eigenvalue weighted by molar-refractivity contribution is 0.479. The van der Waals surface area contributed by atoms with Crippen LogP contribution in [0.3, 0.4) is 0 Å². The number of oxazole rings is 1. The third-order valence-corrected chi connectivity index (χ3v) is 3.95. The van der Waals surface area contributed by atoms with Crippen molar-refractivity contribution in [2.45, 2.75) is 44.7 Å². The van der Waals surface area contributed by atoms with Crippen molar-refractivity contribution in [3.8, 4) is 0 Å². The fraction of sp³-hybridized carbons (Fsp3) is 0.533. The van der Waals surface area contributed by atoms with E-state index < -0.39 is 0 Å². The van der Waals surface area contributed by atoms with Gasteiger partial charge >= 0.3 is 0 Å². The Balaban J connectivity index is 1.58. The highest BCUT2D eigenvalue weighted by atomic mass is 16.3. The average Bonchev–Trinajstić information content (AvgIpc) is 2.94. The van der Waals surface area contributed by atoms with Crippen molar-refractivity contribution in [1.82, 2.24) is 10.3 Å². The molecular weight excluding hydrogens is 238 g/mol. The normalized spacial score (nSPS) is 23.3. The summed E-state index contributed by atoms with van der Waals surface area (Å²) in [5.41, 5.74) is 9.16. The molecule has 0 aliphatic heterocycles. The second kappa shape index (κ2) is 5.31. The second-order valence-electron chi connectivity index (χ2n) is 5.44. The molecule has 19 heavy (non-hydrogen) atoms. The highest BCUT2D eigenvalue weighted by molar-refractivity contribution is 5.73. The Bertz CT molecular complexity index is 564. The van der Waals surface area contributed by atoms with Crippen molar-refractivity contribution in [3.05, 3.63) is 29.7 Å². The van der Waals surface area contributed by atoms with Gasteiger partial charge in [-0.15, -0.1) is 0 Å². The van der Waals surface area contributed by atoms with E-state index >= 15 is 0 Å². The Morgan fingerprint density at radius 3 is 3.11 bits per heavy atom. The molecule has 1 aliphatic carbocycles. The van der Waals surface area contributed by atoms with Crippen LogP contribution in [-0.2, 0) is 6.42 Å². The van der Waals surface area contributed by atoms with Crippen LogP contribution in [0.2, 0.25) is 0 Å². The zero-order valence-corrected chi connectivity index (χ0v) is 11.4. The molecule has 4 nitrogen and oxygen atoms in total. The smallest absolute Gasteiger partial charge is 0.192 e. The number of aromatic nitrogens is 1. The average molecular weight is 259 g/mol. The first-order valence-corrected chi connectivity index (χ1v) is 7.07. The van der Waals surface area contributed by atoms with Crippen LogP contribution in [0.25, 0.3) is 11.1 Å². The van der Waals surface area contributed by atoms with E-state index in [-0.39, 0.29) is 0 Å². The molecule has 4 heteroatoms. The molecule has 1 saturated carbocycles. The summed E-state index contributed by atoms with van der Waals surface area (Å²) in [4.78, 5) is 4.36. The van der Waals surface area contributed by atoms with Crippen molar-refractivity contribution >= 4 is 11.1 Å². The van der Waals surface area contributed by atoms with Crippen molar-refractivity contribution in [3.63, 3.8) is 0 Å². The third kappa shape index (κ3) is 2.80. The molecule has 1 aromatic carbocycles. The minimum atomic E-state index is 0.334. The standard InChI is InChI=1S/C15H21N3O/c1-10-18-14-9-11(5-6-15(14)19-10)7-8-17-13-4-2-3-12(13)16/h5-6,9,12-13,17H,2-4,7-8,16H2,1H3. The first-order chi connectivity index (χ1) is 9.22. The number of fused-ring (bicyclic) bond motifs is 1. The molecule has 1 aliphatic rings. The Kier molecular flexibility index (Phi) is 3.53. The van der Waals surface area contributed by atoms with Crippen LogP contribution in [0.15, 0.2) is 22.6 Å². The number of nitrogens with zero attached hydrogens (tertiary/aromatic N) is 1. The zero-order chi connectivity index (χ0) is 13.2. The fourth-order valence-corrected chi connectivity index (χ4v) is 2.89. The summed E-state index contributed by atoms with van der Waals surface area (Å²) in [6.07, 6.45) is 4.62. The highest BCUT2D eigenvalue weighted by Crippen LogP contribution is 2.18. The number of hydrogen-bond donors (Lipinski definition) is 2. The molecule has 0 saturated heterocycles. The number of rotatable bonds is 4. The third-order valence-electron chi connectivity index (χ3n) is 3.95. The van der Waals surface area contributed by atoms with Gasteiger partial charge in [-0.05, 0) is 43.5 Å². The number of aryl methyl sites for hydroxylation is 1. The summed E-state index contributed by atoms with van der Waals surface area (Å²) in [6.45, 7) is 2.85. The molecule has 0 amide bonds. The van der Waals surface area contributed by atoms with Gasteiger partial charge in [-0.2, -0.15) is 0 Å². The Hall–Kier alpha value is -1.39. The number of benzene rings is 1. The van der Waals surface area contributed by atoms with Gasteiger partial charge in [-0.1, -0.05) is 12.5 Å². The monoisotopic (exact) mass is 259 g/mol. The maximum absolute atomic E-state index is 6.05. The van der Waals surface area contributed by atoms with Crippen LogP contribution in [0.4, 0.5) is 0 Å². The van der Waals surface area contributed by atoms with Crippen molar-refractivity contribution < 1.29 is 4.42 Å². The minimum Gasteiger partial charge on any atom is -0.441 e. The first kappa shape index (κ1) is 12.6. The molecule has 2 aromatic rings. The van der Waals surface area contributed by atoms with Gasteiger partial charge in [0.15, 0.2) is 11.5 Å². The lowest BCUT2D eigenvalue weighted by Crippen LogP contribution is -2.41. The van der Waals surface area contributed by atoms with Gasteiger partial charge in [-0.25, -0.2) is 4.98 Å². The van der Waals surface area contributed by atoms with Gasteiger partial charge in [0.05, 0.1) is 0 Å². The van der Waals surface area contributed by atoms with Crippen molar-refractivity contribution in [2.24, 2.45) is 5.73 Å². The van der Waals surface area contributed by atoms with Gasteiger partial charge in [0.1, 0.15) is 5.52 Å². The Labute approximate surface area is 113 Å². The maximum atomic E-state index is 6.05. The fourth-order valence-electron chi connectivity index (χ4n) is 2.89. The summed E-state index contributed by atoms with van der Waals surface area (Å²) < 4.78 is 5.48. The molecule has 0 radical (unpaired) electrons. The molecule has 1 fully saturated rings. The second-order valence-corrected chi connectivity index (χ2v) is 5.44. The van der Waals surface area contributed by atoms with Gasteiger partial charge in [0, 0.05) is 19.0 Å². The molecule has 102 valence electrons. The van der Waals surface area contributed by atoms with Crippen LogP contribution in [0, 0.1) is 6.92 Å². The van der Waals surface area contributed by atoms with Crippen LogP contribution in [-0.4, -0.2) is 23.6 Å². The number of nitrogens with one attached hydrogen (secondary N) is 1. The minimum absolute atomic E-state index is 0.334. The van der Waals surface area contributed by atoms with E-state index in [1.165, 1.54) is 18.4 Å². The van der Waals surface area contributed by atoms with E-state index in [9.17, 15) is 0 Å². The molecule has 3 rings (SSSR count). The lowest BCUT2D eigenvalue weighted by atomic mass is 10.1. The maximum Gasteiger partial charge on any atom is 0.192 e. The van der Waals surface area contributed by atoms with Gasteiger partial charge in [-0.3, -0.25) is 0 Å². The van der Waals surface area contributed by atoms with Gasteiger partial charge < -0.3 is 15.5 Å². The van der Waals surface area contributed by atoms with E-state index in [1.807, 2.05) is 13.0 Å². The summed E-state index contributed by atoms with van der Waals surface area (Å²) in [5, 5.41) is 3.56. The highest BCUT2D eigenvalue weighted by Gasteiger charge is 2.22. The van der Waals surface area contributed by atoms with Crippen LogP contribution >= 0.6 is 0 Å². The van der Waals surface area contributed by atoms with Crippen LogP contribution in [0.5, 0.6) is 0 Å². The summed E-state index contributed by atoms with van der Waals surface area (Å²) in [6, 6.07) is 7.07. The zero-order valence-electron chi connectivity index (χ0n) is 11.4. The summed E-state index contributed by atoms with van der Waals surface area (Å²) >= 11 is 0. The van der Waals surface area contributed by atoms with Gasteiger partial charge in [0.25, 0.3) is 0 Å². The molecule has 0 spiro atoms. The SMILES string of the molecule is Cc1nc2cc(CCNC3CCCC3N)ccc2o1. The summed E-state index contributed by atoms with van der Waals surface area (Å²) in [7, 11) is 0. The largest absolute Gasteiger partial charge is 0.441 e. The topological polar surface area (TPSA) is 64.1 Å². The molecule has 2 atom stereocenters. The van der Waals surface area contributed by atoms with Crippen LogP contribution < -0.4 is 11.1 Å². The predicted molar refractivity (Wildman–Crippen MR) is 76.1 cm³/mol. The van der Waals surface area contributed by atoms with E-state index in [2.05, 4.69) is 22.4 Å². The molecule has 1 heterocycles. The molecule has 3 N–H and O–H groups in total. The number of nitrogens with two attached hydrogens (primary N) is 1. The van der Waals surface area contributed by atoms with E-state index in [0.29, 0.717) is 12.1 Å². The lowest BCUT2D eigenvalue weighted by Gasteiger charge is -2.17. The molecule has 1 aromatic heterocycles. The Morgan fingerprint density at radius 2 is 2.32 bits per heavy atom. The van der Waals surface area contributed by atoms with E-state index in [0.717, 1.165) is 36.4 Å². The predicted octanol–water partition coefficient (Wildman–Crippen LogP) is 2.15. The van der Waals surface area contributed by atoms with E-state index in [1.54, 1.807) is 0 Å². The van der Waals surface area contributed by atoms with Crippen LogP contribution in [0.1, 0.15) is 30.7 Å². The Morgan fingerprint density at radius 1 is 1.42 bits per heavy atom. The number of hydrogen-bond acceptors (Lipinski definition) is 4. The van der Waals surface area contributed by atoms with Gasteiger partial charge in [0.2, 0.25) is 0 Å². The van der Waals surface area contributed by atoms with Crippen molar-refractivity contribution in [1.29, 1.82) is 0 Å². The van der Waals surface area contributed by atoms with E-state index in [4.69, 9.17) is 10.2 Å². The quantitative estimate of drug-likeness (QED) is 0.883. The van der Waals surface area contributed by atoms with Crippen molar-refractivity contribution in [2.75, 3.05) is 6.54 Å². The first-order valence-electron chi connectivity index (χ1n) is 7.07. The molecular formula is C15H21N3O. The molecule has 0 bridgehead atoms.